The minimum Gasteiger partial charge on any atom is -0.368 e. The number of halogens is 1. The van der Waals surface area contributed by atoms with E-state index in [0.717, 1.165) is 6.42 Å². The van der Waals surface area contributed by atoms with Crippen LogP contribution in [0.2, 0.25) is 0 Å². The number of hydrogen-bond donors (Lipinski definition) is 1. The number of anilines is 1. The summed E-state index contributed by atoms with van der Waals surface area (Å²) in [7, 11) is 0. The van der Waals surface area contributed by atoms with Crippen LogP contribution < -0.4 is 5.32 Å². The van der Waals surface area contributed by atoms with E-state index in [0.29, 0.717) is 56.0 Å². The molecule has 7 nitrogen and oxygen atoms in total. The molecule has 4 rings (SSSR count). The molecule has 1 atom stereocenters. The van der Waals surface area contributed by atoms with Crippen molar-refractivity contribution in [1.29, 1.82) is 0 Å². The van der Waals surface area contributed by atoms with Gasteiger partial charge in [0.2, 0.25) is 0 Å². The molecule has 2 saturated heterocycles. The lowest BCUT2D eigenvalue weighted by atomic mass is 10.1. The number of nitrogens with zero attached hydrogens (tertiary/aromatic N) is 2. The van der Waals surface area contributed by atoms with Crippen molar-refractivity contribution >= 4 is 23.4 Å². The molecule has 0 unspecified atom stereocenters. The summed E-state index contributed by atoms with van der Waals surface area (Å²) in [6.45, 7) is 2.19. The average molecular weight is 425 g/mol. The second-order valence-corrected chi connectivity index (χ2v) is 7.66. The summed E-state index contributed by atoms with van der Waals surface area (Å²) in [4.78, 5) is 41.1. The Bertz CT molecular complexity index is 965. The molecular weight excluding hydrogens is 401 g/mol. The molecule has 0 aliphatic carbocycles. The van der Waals surface area contributed by atoms with Gasteiger partial charge in [-0.25, -0.2) is 4.39 Å². The molecule has 2 aliphatic rings. The second-order valence-electron chi connectivity index (χ2n) is 7.66. The molecule has 2 aromatic carbocycles. The van der Waals surface area contributed by atoms with Gasteiger partial charge in [0.25, 0.3) is 17.7 Å². The third kappa shape index (κ3) is 4.91. The van der Waals surface area contributed by atoms with Gasteiger partial charge in [-0.3, -0.25) is 14.4 Å². The van der Waals surface area contributed by atoms with Gasteiger partial charge >= 0.3 is 0 Å². The first-order valence-electron chi connectivity index (χ1n) is 10.4. The van der Waals surface area contributed by atoms with E-state index in [-0.39, 0.29) is 23.5 Å². The first-order valence-corrected chi connectivity index (χ1v) is 10.4. The number of benzene rings is 2. The van der Waals surface area contributed by atoms with Crippen molar-refractivity contribution in [2.45, 2.75) is 18.9 Å². The van der Waals surface area contributed by atoms with Gasteiger partial charge in [-0.05, 0) is 55.3 Å². The van der Waals surface area contributed by atoms with Crippen molar-refractivity contribution in [3.05, 3.63) is 65.5 Å². The number of piperazine rings is 1. The number of nitrogens with one attached hydrogen (secondary N) is 1. The molecule has 0 bridgehead atoms. The molecule has 8 heteroatoms. The summed E-state index contributed by atoms with van der Waals surface area (Å²) < 4.78 is 18.5. The fourth-order valence-electron chi connectivity index (χ4n) is 3.81. The van der Waals surface area contributed by atoms with Gasteiger partial charge in [0, 0.05) is 49.6 Å². The van der Waals surface area contributed by atoms with Crippen LogP contribution in [0.1, 0.15) is 33.6 Å². The van der Waals surface area contributed by atoms with E-state index in [4.69, 9.17) is 4.74 Å². The van der Waals surface area contributed by atoms with Crippen molar-refractivity contribution in [3.8, 4) is 0 Å². The molecule has 3 amide bonds. The van der Waals surface area contributed by atoms with Crippen molar-refractivity contribution < 1.29 is 23.5 Å². The number of carbonyl (C=O) groups is 3. The lowest BCUT2D eigenvalue weighted by Gasteiger charge is -2.35. The summed E-state index contributed by atoms with van der Waals surface area (Å²) in [5.41, 5.74) is 1.45. The highest BCUT2D eigenvalue weighted by Crippen LogP contribution is 2.18. The molecule has 0 radical (unpaired) electrons. The monoisotopic (exact) mass is 425 g/mol. The van der Waals surface area contributed by atoms with Gasteiger partial charge in [-0.1, -0.05) is 6.07 Å². The van der Waals surface area contributed by atoms with E-state index in [1.807, 2.05) is 0 Å². The van der Waals surface area contributed by atoms with Crippen LogP contribution in [0, 0.1) is 5.82 Å². The minimum atomic E-state index is -0.439. The number of ether oxygens (including phenoxy) is 1. The highest BCUT2D eigenvalue weighted by molar-refractivity contribution is 5.98. The normalized spacial score (nSPS) is 18.7. The molecule has 2 heterocycles. The van der Waals surface area contributed by atoms with Crippen LogP contribution in [0.4, 0.5) is 10.1 Å². The van der Waals surface area contributed by atoms with E-state index in [1.54, 1.807) is 34.1 Å². The fraction of sp³-hybridized carbons (Fsp3) is 0.348. The Morgan fingerprint density at radius 1 is 0.903 bits per heavy atom. The second kappa shape index (κ2) is 9.26. The van der Waals surface area contributed by atoms with Gasteiger partial charge in [0.15, 0.2) is 0 Å². The molecule has 1 N–H and O–H groups in total. The molecule has 0 saturated carbocycles. The van der Waals surface area contributed by atoms with Crippen molar-refractivity contribution in [1.82, 2.24) is 9.80 Å². The Kier molecular flexibility index (Phi) is 6.27. The Hall–Kier alpha value is -3.26. The van der Waals surface area contributed by atoms with Gasteiger partial charge in [0.1, 0.15) is 11.9 Å². The van der Waals surface area contributed by atoms with Crippen LogP contribution in [0.5, 0.6) is 0 Å². The summed E-state index contributed by atoms with van der Waals surface area (Å²) >= 11 is 0. The Morgan fingerprint density at radius 3 is 2.16 bits per heavy atom. The van der Waals surface area contributed by atoms with E-state index < -0.39 is 6.10 Å². The van der Waals surface area contributed by atoms with Crippen LogP contribution in [0.3, 0.4) is 0 Å². The maximum absolute atomic E-state index is 13.1. The zero-order chi connectivity index (χ0) is 21.8. The predicted octanol–water partition coefficient (Wildman–Crippen LogP) is 2.54. The quantitative estimate of drug-likeness (QED) is 0.817. The van der Waals surface area contributed by atoms with Crippen LogP contribution in [-0.2, 0) is 9.53 Å². The van der Waals surface area contributed by atoms with Crippen LogP contribution >= 0.6 is 0 Å². The maximum Gasteiger partial charge on any atom is 0.254 e. The van der Waals surface area contributed by atoms with Crippen molar-refractivity contribution in [2.75, 3.05) is 38.1 Å². The number of carbonyl (C=O) groups excluding carboxylic acids is 3. The predicted molar refractivity (Wildman–Crippen MR) is 112 cm³/mol. The molecule has 0 spiro atoms. The first kappa shape index (κ1) is 21.0. The average Bonchev–Trinajstić information content (AvgIpc) is 3.34. The number of hydrogen-bond acceptors (Lipinski definition) is 4. The van der Waals surface area contributed by atoms with Crippen LogP contribution in [0.25, 0.3) is 0 Å². The van der Waals surface area contributed by atoms with Gasteiger partial charge < -0.3 is 19.9 Å². The molecule has 2 fully saturated rings. The summed E-state index contributed by atoms with van der Waals surface area (Å²) in [5, 5.41) is 2.81. The molecule has 162 valence electrons. The van der Waals surface area contributed by atoms with Gasteiger partial charge in [0.05, 0.1) is 0 Å². The standard InChI is InChI=1S/C23H24FN3O4/c24-18-8-6-16(7-9-18)22(29)26-10-12-27(13-11-26)23(30)17-3-1-4-19(15-17)25-21(28)20-5-2-14-31-20/h1,3-4,6-9,15,20H,2,5,10-14H2,(H,25,28)/t20-/m0/s1. The van der Waals surface area contributed by atoms with Crippen molar-refractivity contribution in [3.63, 3.8) is 0 Å². The largest absolute Gasteiger partial charge is 0.368 e. The Morgan fingerprint density at radius 2 is 1.55 bits per heavy atom. The Balaban J connectivity index is 1.34. The summed E-state index contributed by atoms with van der Waals surface area (Å²) in [6, 6.07) is 12.3. The van der Waals surface area contributed by atoms with E-state index in [9.17, 15) is 18.8 Å². The fourth-order valence-corrected chi connectivity index (χ4v) is 3.81. The van der Waals surface area contributed by atoms with E-state index in [2.05, 4.69) is 5.32 Å². The minimum absolute atomic E-state index is 0.151. The highest BCUT2D eigenvalue weighted by atomic mass is 19.1. The summed E-state index contributed by atoms with van der Waals surface area (Å²) in [6.07, 6.45) is 1.13. The molecule has 31 heavy (non-hydrogen) atoms. The lowest BCUT2D eigenvalue weighted by molar-refractivity contribution is -0.124. The zero-order valence-electron chi connectivity index (χ0n) is 17.1. The molecular formula is C23H24FN3O4. The van der Waals surface area contributed by atoms with Crippen LogP contribution in [0.15, 0.2) is 48.5 Å². The number of amides is 3. The topological polar surface area (TPSA) is 79.0 Å². The van der Waals surface area contributed by atoms with Crippen LogP contribution in [-0.4, -0.2) is 66.4 Å². The molecule has 2 aliphatic heterocycles. The smallest absolute Gasteiger partial charge is 0.254 e. The number of rotatable bonds is 4. The third-order valence-electron chi connectivity index (χ3n) is 5.54. The third-order valence-corrected chi connectivity index (χ3v) is 5.54. The van der Waals surface area contributed by atoms with E-state index >= 15 is 0 Å². The van der Waals surface area contributed by atoms with Gasteiger partial charge in [-0.15, -0.1) is 0 Å². The Labute approximate surface area is 179 Å². The SMILES string of the molecule is O=C(Nc1cccc(C(=O)N2CCN(C(=O)c3ccc(F)cc3)CC2)c1)[C@@H]1CCCO1. The lowest BCUT2D eigenvalue weighted by Crippen LogP contribution is -2.50. The first-order chi connectivity index (χ1) is 15.0. The van der Waals surface area contributed by atoms with Gasteiger partial charge in [-0.2, -0.15) is 0 Å². The molecule has 0 aromatic heterocycles. The van der Waals surface area contributed by atoms with Crippen molar-refractivity contribution in [2.24, 2.45) is 0 Å². The summed E-state index contributed by atoms with van der Waals surface area (Å²) in [5.74, 6) is -0.913. The zero-order valence-corrected chi connectivity index (χ0v) is 17.1. The van der Waals surface area contributed by atoms with E-state index in [1.165, 1.54) is 24.3 Å². The maximum atomic E-state index is 13.1. The highest BCUT2D eigenvalue weighted by Gasteiger charge is 2.26. The molecule has 2 aromatic rings.